The summed E-state index contributed by atoms with van der Waals surface area (Å²) in [7, 11) is 0. The number of hydrogen-bond donors (Lipinski definition) is 4. The molecular formula is C15H14ClN3O. The second-order valence-electron chi connectivity index (χ2n) is 4.26. The Kier molecular flexibility index (Phi) is 4.38. The van der Waals surface area contributed by atoms with Gasteiger partial charge in [0.1, 0.15) is 16.8 Å². The molecule has 0 amide bonds. The van der Waals surface area contributed by atoms with Crippen molar-refractivity contribution in [3.8, 4) is 5.75 Å². The molecule has 0 saturated heterocycles. The topological polar surface area (TPSA) is 80.0 Å². The highest BCUT2D eigenvalue weighted by atomic mass is 35.5. The van der Waals surface area contributed by atoms with E-state index < -0.39 is 0 Å². The largest absolute Gasteiger partial charge is 0.508 e. The molecule has 102 valence electrons. The van der Waals surface area contributed by atoms with Crippen molar-refractivity contribution in [3.05, 3.63) is 65.2 Å². The fraction of sp³-hybridized carbons (Fsp3) is 0.0667. The zero-order valence-corrected chi connectivity index (χ0v) is 11.4. The molecule has 0 unspecified atom stereocenters. The summed E-state index contributed by atoms with van der Waals surface area (Å²) in [4.78, 5) is 0. The molecule has 0 saturated carbocycles. The monoisotopic (exact) mass is 287 g/mol. The van der Waals surface area contributed by atoms with E-state index >= 15 is 0 Å². The summed E-state index contributed by atoms with van der Waals surface area (Å²) in [5.74, 6) is 0.383. The van der Waals surface area contributed by atoms with Gasteiger partial charge in [-0.15, -0.1) is 0 Å². The van der Waals surface area contributed by atoms with Crippen molar-refractivity contribution in [2.75, 3.05) is 0 Å². The highest BCUT2D eigenvalue weighted by Crippen LogP contribution is 2.13. The zero-order chi connectivity index (χ0) is 14.5. The Morgan fingerprint density at radius 1 is 1.05 bits per heavy atom. The zero-order valence-electron chi connectivity index (χ0n) is 10.7. The van der Waals surface area contributed by atoms with Crippen LogP contribution in [0.25, 0.3) is 0 Å². The van der Waals surface area contributed by atoms with Gasteiger partial charge in [-0.25, -0.2) is 0 Å². The molecule has 4 N–H and O–H groups in total. The van der Waals surface area contributed by atoms with Gasteiger partial charge in [-0.05, 0) is 17.7 Å². The first-order valence-corrected chi connectivity index (χ1v) is 6.40. The van der Waals surface area contributed by atoms with Crippen LogP contribution in [-0.2, 0) is 6.54 Å². The number of aromatic hydroxyl groups is 1. The molecule has 0 fully saturated rings. The average Bonchev–Trinajstić information content (AvgIpc) is 2.45. The van der Waals surface area contributed by atoms with E-state index in [0.717, 1.165) is 5.56 Å². The number of phenolic OH excluding ortho intramolecular Hbond substituents is 1. The molecule has 2 aromatic carbocycles. The van der Waals surface area contributed by atoms with Crippen molar-refractivity contribution < 1.29 is 5.11 Å². The highest BCUT2D eigenvalue weighted by Gasteiger charge is 2.09. The van der Waals surface area contributed by atoms with Gasteiger partial charge in [0, 0.05) is 17.7 Å². The van der Waals surface area contributed by atoms with Crippen LogP contribution in [0.3, 0.4) is 0 Å². The highest BCUT2D eigenvalue weighted by molar-refractivity contribution is 6.69. The SMILES string of the molecule is N=C(Cl)c1ccccc1C(=N)NCc1cccc(O)c1. The molecule has 5 heteroatoms. The van der Waals surface area contributed by atoms with E-state index in [0.29, 0.717) is 17.7 Å². The van der Waals surface area contributed by atoms with Crippen LogP contribution in [0.4, 0.5) is 0 Å². The lowest BCUT2D eigenvalue weighted by molar-refractivity contribution is 0.474. The molecule has 0 aromatic heterocycles. The minimum absolute atomic E-state index is 0.0931. The van der Waals surface area contributed by atoms with Crippen molar-refractivity contribution in [2.45, 2.75) is 6.54 Å². The van der Waals surface area contributed by atoms with Crippen LogP contribution < -0.4 is 5.32 Å². The molecule has 0 aliphatic carbocycles. The minimum atomic E-state index is -0.0931. The van der Waals surface area contributed by atoms with E-state index in [1.165, 1.54) is 0 Å². The van der Waals surface area contributed by atoms with Crippen LogP contribution in [0, 0.1) is 10.8 Å². The Morgan fingerprint density at radius 2 is 1.75 bits per heavy atom. The fourth-order valence-corrected chi connectivity index (χ4v) is 2.01. The maximum absolute atomic E-state index is 9.39. The Labute approximate surface area is 122 Å². The minimum Gasteiger partial charge on any atom is -0.508 e. The van der Waals surface area contributed by atoms with E-state index in [2.05, 4.69) is 5.32 Å². The van der Waals surface area contributed by atoms with Crippen LogP contribution in [0.2, 0.25) is 0 Å². The smallest absolute Gasteiger partial charge is 0.128 e. The van der Waals surface area contributed by atoms with Crippen molar-refractivity contribution in [3.63, 3.8) is 0 Å². The second-order valence-corrected chi connectivity index (χ2v) is 4.64. The third-order valence-electron chi connectivity index (χ3n) is 2.81. The van der Waals surface area contributed by atoms with E-state index in [4.69, 9.17) is 22.4 Å². The Bertz CT molecular complexity index is 655. The molecule has 0 spiro atoms. The summed E-state index contributed by atoms with van der Waals surface area (Å²) in [6, 6.07) is 13.9. The van der Waals surface area contributed by atoms with Crippen LogP contribution in [-0.4, -0.2) is 16.1 Å². The first kappa shape index (κ1) is 14.1. The number of phenols is 1. The van der Waals surface area contributed by atoms with Crippen molar-refractivity contribution in [1.29, 1.82) is 10.8 Å². The standard InChI is InChI=1S/C15H14ClN3O/c16-14(17)12-6-1-2-7-13(12)15(18)19-9-10-4-3-5-11(20)8-10/h1-8,17,20H,9H2,(H2,18,19). The first-order valence-electron chi connectivity index (χ1n) is 6.02. The number of amidine groups is 1. The first-order chi connectivity index (χ1) is 9.58. The van der Waals surface area contributed by atoms with Crippen LogP contribution in [0.5, 0.6) is 5.75 Å². The van der Waals surface area contributed by atoms with Gasteiger partial charge in [0.2, 0.25) is 0 Å². The lowest BCUT2D eigenvalue weighted by Crippen LogP contribution is -2.24. The number of halogens is 1. The Balaban J connectivity index is 2.11. The summed E-state index contributed by atoms with van der Waals surface area (Å²) >= 11 is 5.72. The lowest BCUT2D eigenvalue weighted by atomic mass is 10.1. The van der Waals surface area contributed by atoms with E-state index in [9.17, 15) is 5.11 Å². The van der Waals surface area contributed by atoms with E-state index in [1.54, 1.807) is 42.5 Å². The molecule has 0 aliphatic heterocycles. The van der Waals surface area contributed by atoms with Gasteiger partial charge < -0.3 is 10.4 Å². The fourth-order valence-electron chi connectivity index (χ4n) is 1.84. The lowest BCUT2D eigenvalue weighted by Gasteiger charge is -2.11. The van der Waals surface area contributed by atoms with Gasteiger partial charge in [-0.1, -0.05) is 48.0 Å². The molecule has 0 atom stereocenters. The maximum atomic E-state index is 9.39. The van der Waals surface area contributed by atoms with Crippen LogP contribution >= 0.6 is 11.6 Å². The van der Waals surface area contributed by atoms with Gasteiger partial charge in [-0.3, -0.25) is 10.8 Å². The molecule has 20 heavy (non-hydrogen) atoms. The normalized spacial score (nSPS) is 10.1. The number of nitrogens with one attached hydrogen (secondary N) is 3. The predicted molar refractivity (Wildman–Crippen MR) is 80.9 cm³/mol. The van der Waals surface area contributed by atoms with Gasteiger partial charge in [-0.2, -0.15) is 0 Å². The molecule has 2 rings (SSSR count). The molecule has 2 aromatic rings. The summed E-state index contributed by atoms with van der Waals surface area (Å²) in [5.41, 5.74) is 1.96. The number of rotatable bonds is 4. The van der Waals surface area contributed by atoms with Gasteiger partial charge in [0.05, 0.1) is 0 Å². The predicted octanol–water partition coefficient (Wildman–Crippen LogP) is 3.07. The van der Waals surface area contributed by atoms with E-state index in [1.807, 2.05) is 6.07 Å². The molecule has 0 bridgehead atoms. The van der Waals surface area contributed by atoms with Gasteiger partial charge in [0.25, 0.3) is 0 Å². The quantitative estimate of drug-likeness (QED) is 0.515. The second kappa shape index (κ2) is 6.21. The van der Waals surface area contributed by atoms with Gasteiger partial charge in [0.15, 0.2) is 0 Å². The molecule has 0 radical (unpaired) electrons. The van der Waals surface area contributed by atoms with Crippen molar-refractivity contribution in [1.82, 2.24) is 5.32 Å². The summed E-state index contributed by atoms with van der Waals surface area (Å²) < 4.78 is 0. The van der Waals surface area contributed by atoms with Crippen LogP contribution in [0.1, 0.15) is 16.7 Å². The van der Waals surface area contributed by atoms with Crippen molar-refractivity contribution >= 4 is 22.6 Å². The summed E-state index contributed by atoms with van der Waals surface area (Å²) in [6.45, 7) is 0.414. The molecular weight excluding hydrogens is 274 g/mol. The third-order valence-corrected chi connectivity index (χ3v) is 3.02. The number of benzene rings is 2. The average molecular weight is 288 g/mol. The van der Waals surface area contributed by atoms with E-state index in [-0.39, 0.29) is 16.8 Å². The molecule has 0 heterocycles. The Morgan fingerprint density at radius 3 is 2.40 bits per heavy atom. The molecule has 4 nitrogen and oxygen atoms in total. The van der Waals surface area contributed by atoms with Gasteiger partial charge >= 0.3 is 0 Å². The number of hydrogen-bond acceptors (Lipinski definition) is 3. The summed E-state index contributed by atoms with van der Waals surface area (Å²) in [6.07, 6.45) is 0. The maximum Gasteiger partial charge on any atom is 0.128 e. The third kappa shape index (κ3) is 3.36. The summed E-state index contributed by atoms with van der Waals surface area (Å²) in [5, 5.41) is 27.8. The van der Waals surface area contributed by atoms with Crippen molar-refractivity contribution in [2.24, 2.45) is 0 Å². The molecule has 0 aliphatic rings. The van der Waals surface area contributed by atoms with Crippen LogP contribution in [0.15, 0.2) is 48.5 Å². The Hall–Kier alpha value is -2.33.